The molecule has 114 valence electrons. The van der Waals surface area contributed by atoms with Crippen LogP contribution in [-0.2, 0) is 0 Å². The van der Waals surface area contributed by atoms with Crippen molar-refractivity contribution in [1.82, 2.24) is 9.80 Å². The summed E-state index contributed by atoms with van der Waals surface area (Å²) >= 11 is 0. The third-order valence-electron chi connectivity index (χ3n) is 3.70. The number of rotatable bonds is 4. The Labute approximate surface area is 122 Å². The number of carbonyl (C=O) groups is 1. The van der Waals surface area contributed by atoms with Crippen molar-refractivity contribution in [2.45, 2.75) is 6.92 Å². The minimum atomic E-state index is -0.555. The van der Waals surface area contributed by atoms with Crippen molar-refractivity contribution in [3.63, 3.8) is 0 Å². The van der Waals surface area contributed by atoms with Crippen LogP contribution in [0.4, 0.5) is 11.4 Å². The van der Waals surface area contributed by atoms with Crippen LogP contribution in [0.5, 0.6) is 0 Å². The van der Waals surface area contributed by atoms with Gasteiger partial charge in [0.15, 0.2) is 0 Å². The van der Waals surface area contributed by atoms with Gasteiger partial charge in [-0.25, -0.2) is 0 Å². The van der Waals surface area contributed by atoms with Gasteiger partial charge in [0, 0.05) is 37.8 Å². The molecule has 0 bridgehead atoms. The van der Waals surface area contributed by atoms with E-state index in [0.717, 1.165) is 19.6 Å². The smallest absolute Gasteiger partial charge is 0.294 e. The lowest BCUT2D eigenvalue weighted by Crippen LogP contribution is -2.48. The van der Waals surface area contributed by atoms with Gasteiger partial charge in [-0.2, -0.15) is 0 Å². The molecule has 8 heteroatoms. The number of benzene rings is 1. The predicted octanol–water partition coefficient (Wildman–Crippen LogP) is 0.658. The average Bonchev–Trinajstić information content (AvgIpc) is 2.53. The number of nitrogens with one attached hydrogen (secondary N) is 1. The molecule has 21 heavy (non-hydrogen) atoms. The zero-order chi connectivity index (χ0) is 15.4. The van der Waals surface area contributed by atoms with Crippen molar-refractivity contribution in [3.05, 3.63) is 33.9 Å². The maximum absolute atomic E-state index is 12.4. The molecular formula is C13H19N5O3. The molecule has 0 unspecified atom stereocenters. The summed E-state index contributed by atoms with van der Waals surface area (Å²) in [6.45, 7) is 5.97. The first kappa shape index (κ1) is 15.2. The standard InChI is InChI=1S/C13H19N5O3/c1-2-16-5-7-17(8-6-16)13(19)10-3-4-11(15-14)12(9-10)18(20)21/h3-4,9,15H,2,5-8,14H2,1H3. The highest BCUT2D eigenvalue weighted by Gasteiger charge is 2.23. The summed E-state index contributed by atoms with van der Waals surface area (Å²) in [5, 5.41) is 11.0. The second-order valence-electron chi connectivity index (χ2n) is 4.86. The molecule has 0 radical (unpaired) electrons. The average molecular weight is 293 g/mol. The van der Waals surface area contributed by atoms with E-state index in [0.29, 0.717) is 18.7 Å². The molecule has 2 rings (SSSR count). The number of hydrazine groups is 1. The molecule has 1 saturated heterocycles. The maximum atomic E-state index is 12.4. The Balaban J connectivity index is 2.16. The van der Waals surface area contributed by atoms with E-state index in [-0.39, 0.29) is 17.3 Å². The fraction of sp³-hybridized carbons (Fsp3) is 0.462. The molecule has 1 fully saturated rings. The highest BCUT2D eigenvalue weighted by atomic mass is 16.6. The maximum Gasteiger partial charge on any atom is 0.294 e. The first-order valence-electron chi connectivity index (χ1n) is 6.83. The number of hydrogen-bond donors (Lipinski definition) is 2. The van der Waals surface area contributed by atoms with Gasteiger partial charge in [-0.1, -0.05) is 6.92 Å². The monoisotopic (exact) mass is 293 g/mol. The van der Waals surface area contributed by atoms with Crippen molar-refractivity contribution in [2.75, 3.05) is 38.1 Å². The first-order chi connectivity index (χ1) is 10.1. The second-order valence-corrected chi connectivity index (χ2v) is 4.86. The summed E-state index contributed by atoms with van der Waals surface area (Å²) in [5.74, 6) is 5.05. The SMILES string of the molecule is CCN1CCN(C(=O)c2ccc(NN)c([N+](=O)[O-])c2)CC1. The third-order valence-corrected chi connectivity index (χ3v) is 3.70. The quantitative estimate of drug-likeness (QED) is 0.480. The van der Waals surface area contributed by atoms with Crippen molar-refractivity contribution < 1.29 is 9.72 Å². The zero-order valence-electron chi connectivity index (χ0n) is 11.9. The molecule has 8 nitrogen and oxygen atoms in total. The summed E-state index contributed by atoms with van der Waals surface area (Å²) in [4.78, 5) is 26.8. The molecule has 0 saturated carbocycles. The van der Waals surface area contributed by atoms with E-state index in [9.17, 15) is 14.9 Å². The van der Waals surface area contributed by atoms with Crippen molar-refractivity contribution in [2.24, 2.45) is 5.84 Å². The topological polar surface area (TPSA) is 105 Å². The predicted molar refractivity (Wildman–Crippen MR) is 78.9 cm³/mol. The number of nitrogens with zero attached hydrogens (tertiary/aromatic N) is 3. The number of piperazine rings is 1. The van der Waals surface area contributed by atoms with Crippen LogP contribution in [0.15, 0.2) is 18.2 Å². The highest BCUT2D eigenvalue weighted by Crippen LogP contribution is 2.25. The number of amides is 1. The number of likely N-dealkylation sites (N-methyl/N-ethyl adjacent to an activating group) is 1. The van der Waals surface area contributed by atoms with E-state index in [2.05, 4.69) is 17.2 Å². The Hall–Kier alpha value is -2.19. The van der Waals surface area contributed by atoms with Gasteiger partial charge < -0.3 is 15.2 Å². The van der Waals surface area contributed by atoms with E-state index in [4.69, 9.17) is 5.84 Å². The summed E-state index contributed by atoms with van der Waals surface area (Å²) in [6, 6.07) is 4.27. The van der Waals surface area contributed by atoms with Crippen molar-refractivity contribution in [3.8, 4) is 0 Å². The van der Waals surface area contributed by atoms with Crippen molar-refractivity contribution in [1.29, 1.82) is 0 Å². The second kappa shape index (κ2) is 6.51. The molecule has 0 aromatic heterocycles. The zero-order valence-corrected chi connectivity index (χ0v) is 11.9. The van der Waals surface area contributed by atoms with Gasteiger partial charge in [-0.15, -0.1) is 0 Å². The van der Waals surface area contributed by atoms with Crippen LogP contribution >= 0.6 is 0 Å². The Bertz CT molecular complexity index is 541. The molecule has 1 aliphatic heterocycles. The number of hydrogen-bond acceptors (Lipinski definition) is 6. The number of anilines is 1. The number of nitro benzene ring substituents is 1. The van der Waals surface area contributed by atoms with E-state index in [1.165, 1.54) is 12.1 Å². The summed E-state index contributed by atoms with van der Waals surface area (Å²) in [6.07, 6.45) is 0. The molecule has 1 aliphatic rings. The van der Waals surface area contributed by atoms with Gasteiger partial charge in [0.2, 0.25) is 0 Å². The third kappa shape index (κ3) is 3.29. The molecule has 1 heterocycles. The van der Waals surface area contributed by atoms with Crippen LogP contribution in [0, 0.1) is 10.1 Å². The van der Waals surface area contributed by atoms with E-state index < -0.39 is 4.92 Å². The van der Waals surface area contributed by atoms with Gasteiger partial charge in [0.05, 0.1) is 4.92 Å². The highest BCUT2D eigenvalue weighted by molar-refractivity contribution is 5.95. The Morgan fingerprint density at radius 3 is 2.57 bits per heavy atom. The number of nitro groups is 1. The van der Waals surface area contributed by atoms with Crippen LogP contribution in [-0.4, -0.2) is 53.4 Å². The first-order valence-corrected chi connectivity index (χ1v) is 6.83. The Morgan fingerprint density at radius 2 is 2.05 bits per heavy atom. The molecule has 0 spiro atoms. The largest absolute Gasteiger partial charge is 0.336 e. The van der Waals surface area contributed by atoms with Crippen LogP contribution in [0.2, 0.25) is 0 Å². The van der Waals surface area contributed by atoms with Crippen molar-refractivity contribution >= 4 is 17.3 Å². The van der Waals surface area contributed by atoms with Gasteiger partial charge in [-0.3, -0.25) is 20.8 Å². The van der Waals surface area contributed by atoms with Crippen LogP contribution in [0.3, 0.4) is 0 Å². The lowest BCUT2D eigenvalue weighted by molar-refractivity contribution is -0.384. The van der Waals surface area contributed by atoms with Gasteiger partial charge in [-0.05, 0) is 18.7 Å². The lowest BCUT2D eigenvalue weighted by atomic mass is 10.1. The summed E-state index contributed by atoms with van der Waals surface area (Å²) < 4.78 is 0. The number of nitrogen functional groups attached to an aromatic ring is 1. The fourth-order valence-corrected chi connectivity index (χ4v) is 2.39. The molecular weight excluding hydrogens is 274 g/mol. The molecule has 0 atom stereocenters. The molecule has 1 aromatic carbocycles. The Kier molecular flexibility index (Phi) is 4.71. The molecule has 1 aromatic rings. The van der Waals surface area contributed by atoms with Crippen LogP contribution in [0.1, 0.15) is 17.3 Å². The van der Waals surface area contributed by atoms with Crippen LogP contribution < -0.4 is 11.3 Å². The molecule has 1 amide bonds. The van der Waals surface area contributed by atoms with Gasteiger partial charge >= 0.3 is 0 Å². The summed E-state index contributed by atoms with van der Waals surface area (Å²) in [7, 11) is 0. The van der Waals surface area contributed by atoms with E-state index in [1.807, 2.05) is 0 Å². The minimum Gasteiger partial charge on any atom is -0.336 e. The number of nitrogens with two attached hydrogens (primary N) is 1. The normalized spacial score (nSPS) is 15.8. The van der Waals surface area contributed by atoms with E-state index >= 15 is 0 Å². The van der Waals surface area contributed by atoms with Gasteiger partial charge in [0.1, 0.15) is 5.69 Å². The van der Waals surface area contributed by atoms with E-state index in [1.54, 1.807) is 11.0 Å². The Morgan fingerprint density at radius 1 is 1.38 bits per heavy atom. The number of carbonyl (C=O) groups excluding carboxylic acids is 1. The summed E-state index contributed by atoms with van der Waals surface area (Å²) in [5.41, 5.74) is 2.56. The minimum absolute atomic E-state index is 0.183. The lowest BCUT2D eigenvalue weighted by Gasteiger charge is -2.34. The van der Waals surface area contributed by atoms with Crippen LogP contribution in [0.25, 0.3) is 0 Å². The van der Waals surface area contributed by atoms with Gasteiger partial charge in [0.25, 0.3) is 11.6 Å². The molecule has 0 aliphatic carbocycles. The molecule has 3 N–H and O–H groups in total. The fourth-order valence-electron chi connectivity index (χ4n) is 2.39.